The van der Waals surface area contributed by atoms with Gasteiger partial charge in [0.2, 0.25) is 5.91 Å². The molecule has 1 aromatic rings. The van der Waals surface area contributed by atoms with Crippen molar-refractivity contribution >= 4 is 5.91 Å². The molecule has 1 aliphatic heterocycles. The largest absolute Gasteiger partial charge is 0.316 e. The van der Waals surface area contributed by atoms with E-state index < -0.39 is 0 Å². The fourth-order valence-corrected chi connectivity index (χ4v) is 3.93. The number of hydrogen-bond donors (Lipinski definition) is 0. The summed E-state index contributed by atoms with van der Waals surface area (Å²) in [6, 6.07) is 9.98. The van der Waals surface area contributed by atoms with Gasteiger partial charge in [0.25, 0.3) is 0 Å². The molecule has 0 aromatic heterocycles. The van der Waals surface area contributed by atoms with E-state index in [4.69, 9.17) is 5.26 Å². The molecule has 5 heteroatoms. The topological polar surface area (TPSA) is 50.6 Å². The first-order chi connectivity index (χ1) is 13.2. The molecule has 2 aliphatic rings. The Bertz CT molecular complexity index is 696. The van der Waals surface area contributed by atoms with E-state index in [1.54, 1.807) is 0 Å². The number of allylic oxidation sites excluding steroid dienone is 2. The van der Waals surface area contributed by atoms with Gasteiger partial charge in [-0.05, 0) is 50.3 Å². The van der Waals surface area contributed by atoms with E-state index in [9.17, 15) is 4.79 Å². The number of nitrogens with zero attached hydrogens (tertiary/aromatic N) is 4. The van der Waals surface area contributed by atoms with Crippen molar-refractivity contribution in [2.24, 2.45) is 0 Å². The molecule has 3 rings (SSSR count). The van der Waals surface area contributed by atoms with Gasteiger partial charge in [0, 0.05) is 45.0 Å². The molecule has 5 nitrogen and oxygen atoms in total. The highest BCUT2D eigenvalue weighted by Crippen LogP contribution is 2.21. The standard InChI is InChI=1S/C22H30N4O/c1-2-26(21-6-4-3-5-7-21)22(27)18-25-14-12-24(13-15-25)17-20-10-8-19(16-23)9-11-20/h6,8-11H,2-5,7,12-15,17-18H2,1H3. The first-order valence-corrected chi connectivity index (χ1v) is 10.1. The van der Waals surface area contributed by atoms with Gasteiger partial charge in [-0.3, -0.25) is 14.6 Å². The van der Waals surface area contributed by atoms with E-state index in [1.807, 2.05) is 29.2 Å². The number of rotatable bonds is 6. The fraction of sp³-hybridized carbons (Fsp3) is 0.545. The Morgan fingerprint density at radius 2 is 1.81 bits per heavy atom. The number of carbonyl (C=O) groups excluding carboxylic acids is 1. The third kappa shape index (κ3) is 5.41. The van der Waals surface area contributed by atoms with Crippen molar-refractivity contribution < 1.29 is 4.79 Å². The molecule has 1 saturated heterocycles. The van der Waals surface area contributed by atoms with Gasteiger partial charge in [0.15, 0.2) is 0 Å². The lowest BCUT2D eigenvalue weighted by Gasteiger charge is -2.36. The highest BCUT2D eigenvalue weighted by molar-refractivity contribution is 5.80. The average Bonchev–Trinajstić information content (AvgIpc) is 2.71. The lowest BCUT2D eigenvalue weighted by molar-refractivity contribution is -0.131. The van der Waals surface area contributed by atoms with Crippen molar-refractivity contribution in [3.63, 3.8) is 0 Å². The molecule has 0 saturated carbocycles. The van der Waals surface area contributed by atoms with Crippen LogP contribution in [0.1, 0.15) is 43.7 Å². The normalized spacial score (nSPS) is 18.6. The van der Waals surface area contributed by atoms with E-state index in [1.165, 1.54) is 24.1 Å². The molecule has 1 amide bonds. The molecule has 0 atom stereocenters. The highest BCUT2D eigenvalue weighted by atomic mass is 16.2. The summed E-state index contributed by atoms with van der Waals surface area (Å²) in [6.07, 6.45) is 6.84. The predicted molar refractivity (Wildman–Crippen MR) is 107 cm³/mol. The second-order valence-corrected chi connectivity index (χ2v) is 7.44. The molecule has 0 radical (unpaired) electrons. The van der Waals surface area contributed by atoms with Gasteiger partial charge in [-0.25, -0.2) is 0 Å². The van der Waals surface area contributed by atoms with Crippen molar-refractivity contribution in [2.45, 2.75) is 39.2 Å². The molecule has 144 valence electrons. The summed E-state index contributed by atoms with van der Waals surface area (Å²) in [5.41, 5.74) is 3.17. The maximum atomic E-state index is 12.8. The van der Waals surface area contributed by atoms with E-state index in [0.29, 0.717) is 12.1 Å². The predicted octanol–water partition coefficient (Wildman–Crippen LogP) is 2.98. The van der Waals surface area contributed by atoms with Gasteiger partial charge in [0.05, 0.1) is 18.2 Å². The van der Waals surface area contributed by atoms with Crippen molar-refractivity contribution in [1.29, 1.82) is 5.26 Å². The molecule has 1 heterocycles. The van der Waals surface area contributed by atoms with Crippen LogP contribution in [0, 0.1) is 11.3 Å². The quantitative estimate of drug-likeness (QED) is 0.777. The van der Waals surface area contributed by atoms with E-state index >= 15 is 0 Å². The summed E-state index contributed by atoms with van der Waals surface area (Å²) in [5.74, 6) is 0.242. The Morgan fingerprint density at radius 1 is 1.11 bits per heavy atom. The number of hydrogen-bond acceptors (Lipinski definition) is 4. The zero-order valence-electron chi connectivity index (χ0n) is 16.4. The zero-order chi connectivity index (χ0) is 19.1. The van der Waals surface area contributed by atoms with Crippen LogP contribution in [0.5, 0.6) is 0 Å². The Morgan fingerprint density at radius 3 is 2.41 bits per heavy atom. The number of piperazine rings is 1. The molecular formula is C22H30N4O. The molecule has 0 spiro atoms. The Labute approximate surface area is 162 Å². The average molecular weight is 367 g/mol. The molecule has 1 aliphatic carbocycles. The molecule has 27 heavy (non-hydrogen) atoms. The number of carbonyl (C=O) groups is 1. The third-order valence-corrected chi connectivity index (χ3v) is 5.54. The molecule has 1 fully saturated rings. The lowest BCUT2D eigenvalue weighted by atomic mass is 10.0. The minimum atomic E-state index is 0.242. The minimum absolute atomic E-state index is 0.242. The van der Waals surface area contributed by atoms with Crippen molar-refractivity contribution in [1.82, 2.24) is 14.7 Å². The van der Waals surface area contributed by atoms with Crippen molar-refractivity contribution in [3.05, 3.63) is 47.2 Å². The van der Waals surface area contributed by atoms with E-state index in [0.717, 1.165) is 52.1 Å². The van der Waals surface area contributed by atoms with Crippen LogP contribution in [0.4, 0.5) is 0 Å². The van der Waals surface area contributed by atoms with Crippen molar-refractivity contribution in [2.75, 3.05) is 39.3 Å². The van der Waals surface area contributed by atoms with Crippen LogP contribution in [-0.4, -0.2) is 59.9 Å². The fourth-order valence-electron chi connectivity index (χ4n) is 3.93. The van der Waals surface area contributed by atoms with Crippen LogP contribution in [0.3, 0.4) is 0 Å². The number of likely N-dealkylation sites (N-methyl/N-ethyl adjacent to an activating group) is 1. The van der Waals surface area contributed by atoms with Gasteiger partial charge >= 0.3 is 0 Å². The van der Waals surface area contributed by atoms with Crippen LogP contribution in [0.25, 0.3) is 0 Å². The van der Waals surface area contributed by atoms with Crippen LogP contribution >= 0.6 is 0 Å². The number of amides is 1. The SMILES string of the molecule is CCN(C(=O)CN1CCN(Cc2ccc(C#N)cc2)CC1)C1=CCCCC1. The van der Waals surface area contributed by atoms with Gasteiger partial charge in [-0.2, -0.15) is 5.26 Å². The summed E-state index contributed by atoms with van der Waals surface area (Å²) in [5, 5.41) is 8.89. The Kier molecular flexibility index (Phi) is 7.03. The van der Waals surface area contributed by atoms with Gasteiger partial charge in [-0.15, -0.1) is 0 Å². The first kappa shape index (κ1) is 19.6. The van der Waals surface area contributed by atoms with Crippen LogP contribution in [0.15, 0.2) is 36.0 Å². The summed E-state index contributed by atoms with van der Waals surface area (Å²) in [4.78, 5) is 19.5. The van der Waals surface area contributed by atoms with Gasteiger partial charge in [0.1, 0.15) is 0 Å². The Balaban J connectivity index is 1.46. The summed E-state index contributed by atoms with van der Waals surface area (Å²) in [7, 11) is 0. The second kappa shape index (κ2) is 9.68. The van der Waals surface area contributed by atoms with E-state index in [-0.39, 0.29) is 5.91 Å². The summed E-state index contributed by atoms with van der Waals surface area (Å²) >= 11 is 0. The third-order valence-electron chi connectivity index (χ3n) is 5.54. The number of benzene rings is 1. The van der Waals surface area contributed by atoms with Crippen LogP contribution < -0.4 is 0 Å². The van der Waals surface area contributed by atoms with Gasteiger partial charge in [-0.1, -0.05) is 18.2 Å². The molecule has 0 unspecified atom stereocenters. The lowest BCUT2D eigenvalue weighted by Crippen LogP contribution is -2.49. The molecular weight excluding hydrogens is 336 g/mol. The van der Waals surface area contributed by atoms with Crippen molar-refractivity contribution in [3.8, 4) is 6.07 Å². The smallest absolute Gasteiger partial charge is 0.240 e. The Hall–Kier alpha value is -2.16. The molecule has 1 aromatic carbocycles. The molecule has 0 N–H and O–H groups in total. The van der Waals surface area contributed by atoms with Crippen LogP contribution in [0.2, 0.25) is 0 Å². The maximum absolute atomic E-state index is 12.8. The second-order valence-electron chi connectivity index (χ2n) is 7.44. The van der Waals surface area contributed by atoms with Crippen LogP contribution in [-0.2, 0) is 11.3 Å². The first-order valence-electron chi connectivity index (χ1n) is 10.1. The number of nitriles is 1. The molecule has 0 bridgehead atoms. The summed E-state index contributed by atoms with van der Waals surface area (Å²) < 4.78 is 0. The van der Waals surface area contributed by atoms with E-state index in [2.05, 4.69) is 28.9 Å². The zero-order valence-corrected chi connectivity index (χ0v) is 16.4. The van der Waals surface area contributed by atoms with Gasteiger partial charge < -0.3 is 4.90 Å². The highest BCUT2D eigenvalue weighted by Gasteiger charge is 2.23. The minimum Gasteiger partial charge on any atom is -0.316 e. The monoisotopic (exact) mass is 366 g/mol. The summed E-state index contributed by atoms with van der Waals surface area (Å²) in [6.45, 7) is 8.07. The maximum Gasteiger partial charge on any atom is 0.240 e.